The van der Waals surface area contributed by atoms with Crippen molar-refractivity contribution in [3.8, 4) is 0 Å². The number of nitrogens with one attached hydrogen (secondary N) is 2. The Bertz CT molecular complexity index is 862. The fourth-order valence-corrected chi connectivity index (χ4v) is 3.32. The highest BCUT2D eigenvalue weighted by Gasteiger charge is 2.21. The molecule has 29 heavy (non-hydrogen) atoms. The lowest BCUT2D eigenvalue weighted by Gasteiger charge is -2.33. The molecule has 1 saturated heterocycles. The van der Waals surface area contributed by atoms with E-state index in [0.29, 0.717) is 25.3 Å². The zero-order valence-electron chi connectivity index (χ0n) is 16.9. The van der Waals surface area contributed by atoms with E-state index in [1.54, 1.807) is 12.1 Å². The fourth-order valence-electron chi connectivity index (χ4n) is 3.32. The average molecular weight is 398 g/mol. The van der Waals surface area contributed by atoms with E-state index in [1.165, 1.54) is 12.1 Å². The van der Waals surface area contributed by atoms with Gasteiger partial charge in [-0.3, -0.25) is 19.4 Å². The third kappa shape index (κ3) is 6.10. The van der Waals surface area contributed by atoms with Crippen molar-refractivity contribution in [3.63, 3.8) is 0 Å². The van der Waals surface area contributed by atoms with E-state index >= 15 is 0 Å². The van der Waals surface area contributed by atoms with Crippen LogP contribution in [0.3, 0.4) is 0 Å². The summed E-state index contributed by atoms with van der Waals surface area (Å²) in [5, 5.41) is 5.76. The lowest BCUT2D eigenvalue weighted by Crippen LogP contribution is -2.50. The zero-order chi connectivity index (χ0) is 20.8. The molecule has 1 aliphatic rings. The second-order valence-corrected chi connectivity index (χ2v) is 7.40. The highest BCUT2D eigenvalue weighted by Crippen LogP contribution is 2.18. The Morgan fingerprint density at radius 2 is 1.41 bits per heavy atom. The third-order valence-electron chi connectivity index (χ3n) is 5.21. The van der Waals surface area contributed by atoms with Gasteiger partial charge in [0.2, 0.25) is 11.8 Å². The molecule has 2 aromatic carbocycles. The molecule has 0 aliphatic carbocycles. The topological polar surface area (TPSA) is 64.7 Å². The lowest BCUT2D eigenvalue weighted by atomic mass is 10.1. The van der Waals surface area contributed by atoms with Crippen molar-refractivity contribution >= 4 is 23.2 Å². The van der Waals surface area contributed by atoms with Gasteiger partial charge in [-0.05, 0) is 55.3 Å². The fraction of sp³-hybridized carbons (Fsp3) is 0.364. The molecule has 0 aromatic heterocycles. The molecule has 0 atom stereocenters. The molecule has 154 valence electrons. The van der Waals surface area contributed by atoms with E-state index in [1.807, 2.05) is 32.0 Å². The smallest absolute Gasteiger partial charge is 0.238 e. The number of nitrogens with zero attached hydrogens (tertiary/aromatic N) is 2. The number of hydrogen-bond donors (Lipinski definition) is 2. The van der Waals surface area contributed by atoms with Gasteiger partial charge in [0.1, 0.15) is 5.82 Å². The van der Waals surface area contributed by atoms with Gasteiger partial charge in [0, 0.05) is 37.6 Å². The molecule has 1 fully saturated rings. The van der Waals surface area contributed by atoms with Crippen molar-refractivity contribution in [3.05, 3.63) is 59.4 Å². The second-order valence-electron chi connectivity index (χ2n) is 7.40. The van der Waals surface area contributed by atoms with Crippen LogP contribution in [0, 0.1) is 19.7 Å². The second kappa shape index (κ2) is 9.62. The van der Waals surface area contributed by atoms with Crippen LogP contribution in [0.2, 0.25) is 0 Å². The van der Waals surface area contributed by atoms with Crippen LogP contribution in [0.25, 0.3) is 0 Å². The maximum atomic E-state index is 12.9. The number of halogens is 1. The average Bonchev–Trinajstić information content (AvgIpc) is 2.69. The van der Waals surface area contributed by atoms with Crippen molar-refractivity contribution in [1.29, 1.82) is 0 Å². The Balaban J connectivity index is 1.40. The van der Waals surface area contributed by atoms with E-state index in [4.69, 9.17) is 0 Å². The zero-order valence-corrected chi connectivity index (χ0v) is 16.9. The Morgan fingerprint density at radius 3 is 2.00 bits per heavy atom. The molecular weight excluding hydrogens is 371 g/mol. The van der Waals surface area contributed by atoms with Crippen molar-refractivity contribution < 1.29 is 14.0 Å². The summed E-state index contributed by atoms with van der Waals surface area (Å²) in [6.07, 6.45) is 0. The van der Waals surface area contributed by atoms with E-state index < -0.39 is 0 Å². The predicted molar refractivity (Wildman–Crippen MR) is 112 cm³/mol. The van der Waals surface area contributed by atoms with Crippen molar-refractivity contribution in [2.45, 2.75) is 13.8 Å². The van der Waals surface area contributed by atoms with Gasteiger partial charge in [-0.25, -0.2) is 4.39 Å². The van der Waals surface area contributed by atoms with Crippen molar-refractivity contribution in [1.82, 2.24) is 9.80 Å². The van der Waals surface area contributed by atoms with Crippen LogP contribution in [0.4, 0.5) is 15.8 Å². The molecule has 0 spiro atoms. The van der Waals surface area contributed by atoms with Gasteiger partial charge in [-0.2, -0.15) is 0 Å². The first-order chi connectivity index (χ1) is 13.9. The molecule has 0 radical (unpaired) electrons. The third-order valence-corrected chi connectivity index (χ3v) is 5.21. The minimum atomic E-state index is -0.333. The molecule has 2 aromatic rings. The van der Waals surface area contributed by atoms with Crippen LogP contribution in [0.15, 0.2) is 42.5 Å². The minimum Gasteiger partial charge on any atom is -0.325 e. The normalized spacial score (nSPS) is 15.1. The Morgan fingerprint density at radius 1 is 0.862 bits per heavy atom. The summed E-state index contributed by atoms with van der Waals surface area (Å²) in [6, 6.07) is 11.6. The van der Waals surface area contributed by atoms with E-state index in [-0.39, 0.29) is 24.2 Å². The van der Waals surface area contributed by atoms with E-state index in [9.17, 15) is 14.0 Å². The summed E-state index contributed by atoms with van der Waals surface area (Å²) in [6.45, 7) is 7.52. The van der Waals surface area contributed by atoms with Gasteiger partial charge >= 0.3 is 0 Å². The van der Waals surface area contributed by atoms with Crippen LogP contribution in [-0.4, -0.2) is 60.9 Å². The van der Waals surface area contributed by atoms with Gasteiger partial charge in [0.15, 0.2) is 0 Å². The summed E-state index contributed by atoms with van der Waals surface area (Å²) in [4.78, 5) is 28.7. The minimum absolute atomic E-state index is 0.0267. The highest BCUT2D eigenvalue weighted by molar-refractivity contribution is 5.93. The molecule has 0 saturated carbocycles. The lowest BCUT2D eigenvalue weighted by molar-refractivity contribution is -0.120. The Kier molecular flexibility index (Phi) is 6.95. The monoisotopic (exact) mass is 398 g/mol. The van der Waals surface area contributed by atoms with Gasteiger partial charge in [-0.1, -0.05) is 12.1 Å². The van der Waals surface area contributed by atoms with Crippen molar-refractivity contribution in [2.75, 3.05) is 49.9 Å². The molecular formula is C22H27FN4O2. The van der Waals surface area contributed by atoms with Gasteiger partial charge in [0.05, 0.1) is 13.1 Å². The maximum Gasteiger partial charge on any atom is 0.238 e. The predicted octanol–water partition coefficient (Wildman–Crippen LogP) is 2.64. The number of rotatable bonds is 6. The quantitative estimate of drug-likeness (QED) is 0.785. The standard InChI is InChI=1S/C22H27FN4O2/c1-16-4-3-5-20(17(16)2)25-22(29)15-27-12-10-26(11-13-27)14-21(28)24-19-8-6-18(23)7-9-19/h3-9H,10-15H2,1-2H3,(H,24,28)(H,25,29). The largest absolute Gasteiger partial charge is 0.325 e. The van der Waals surface area contributed by atoms with E-state index in [2.05, 4.69) is 20.4 Å². The number of benzene rings is 2. The number of piperazine rings is 1. The van der Waals surface area contributed by atoms with Crippen LogP contribution in [-0.2, 0) is 9.59 Å². The molecule has 2 N–H and O–H groups in total. The maximum absolute atomic E-state index is 12.9. The molecule has 3 rings (SSSR count). The Hall–Kier alpha value is -2.77. The van der Waals surface area contributed by atoms with Gasteiger partial charge in [-0.15, -0.1) is 0 Å². The number of hydrogen-bond acceptors (Lipinski definition) is 4. The first-order valence-electron chi connectivity index (χ1n) is 9.77. The number of carbonyl (C=O) groups excluding carboxylic acids is 2. The summed E-state index contributed by atoms with van der Waals surface area (Å²) in [5.74, 6) is -0.486. The summed E-state index contributed by atoms with van der Waals surface area (Å²) in [7, 11) is 0. The van der Waals surface area contributed by atoms with Crippen LogP contribution in [0.1, 0.15) is 11.1 Å². The first-order valence-corrected chi connectivity index (χ1v) is 9.77. The molecule has 6 nitrogen and oxygen atoms in total. The SMILES string of the molecule is Cc1cccc(NC(=O)CN2CCN(CC(=O)Nc3ccc(F)cc3)CC2)c1C. The van der Waals surface area contributed by atoms with Crippen LogP contribution >= 0.6 is 0 Å². The molecule has 7 heteroatoms. The van der Waals surface area contributed by atoms with Crippen LogP contribution < -0.4 is 10.6 Å². The van der Waals surface area contributed by atoms with E-state index in [0.717, 1.165) is 29.9 Å². The summed E-state index contributed by atoms with van der Waals surface area (Å²) < 4.78 is 12.9. The summed E-state index contributed by atoms with van der Waals surface area (Å²) >= 11 is 0. The molecule has 0 unspecified atom stereocenters. The number of anilines is 2. The van der Waals surface area contributed by atoms with Crippen molar-refractivity contribution in [2.24, 2.45) is 0 Å². The first kappa shape index (κ1) is 21.0. The molecule has 0 bridgehead atoms. The Labute approximate surface area is 170 Å². The molecule has 2 amide bonds. The summed E-state index contributed by atoms with van der Waals surface area (Å²) in [5.41, 5.74) is 3.66. The number of carbonyl (C=O) groups is 2. The molecule has 1 aliphatic heterocycles. The number of amides is 2. The number of aryl methyl sites for hydroxylation is 1. The van der Waals surface area contributed by atoms with Gasteiger partial charge in [0.25, 0.3) is 0 Å². The van der Waals surface area contributed by atoms with Gasteiger partial charge < -0.3 is 10.6 Å². The van der Waals surface area contributed by atoms with Crippen LogP contribution in [0.5, 0.6) is 0 Å². The molecule has 1 heterocycles. The highest BCUT2D eigenvalue weighted by atomic mass is 19.1.